The monoisotopic (exact) mass is 391 g/mol. The van der Waals surface area contributed by atoms with Gasteiger partial charge in [-0.3, -0.25) is 0 Å². The lowest BCUT2D eigenvalue weighted by atomic mass is 10.2. The number of hydrogen-bond acceptors (Lipinski definition) is 7. The number of nitrogens with one attached hydrogen (secondary N) is 1. The fourth-order valence-corrected chi connectivity index (χ4v) is 3.58. The summed E-state index contributed by atoms with van der Waals surface area (Å²) < 4.78 is 19.0. The van der Waals surface area contributed by atoms with Crippen molar-refractivity contribution in [3.05, 3.63) is 55.1 Å². The van der Waals surface area contributed by atoms with Gasteiger partial charge < -0.3 is 14.6 Å². The molecule has 1 N–H and O–H groups in total. The summed E-state index contributed by atoms with van der Waals surface area (Å²) in [5.41, 5.74) is 2.25. The normalized spacial score (nSPS) is 16.4. The van der Waals surface area contributed by atoms with Gasteiger partial charge in [-0.25, -0.2) is 29.3 Å². The summed E-state index contributed by atoms with van der Waals surface area (Å²) in [6.45, 7) is 1.39. The molecule has 4 heterocycles. The Balaban J connectivity index is 1.28. The van der Waals surface area contributed by atoms with Gasteiger partial charge in [0.05, 0.1) is 24.8 Å². The average molecular weight is 391 g/mol. The highest BCUT2D eigenvalue weighted by Crippen LogP contribution is 2.28. The lowest BCUT2D eigenvalue weighted by Gasteiger charge is -2.25. The van der Waals surface area contributed by atoms with E-state index in [2.05, 4.69) is 34.8 Å². The first-order valence-corrected chi connectivity index (χ1v) is 9.39. The molecular formula is C20H18FN7O. The third-order valence-electron chi connectivity index (χ3n) is 5.02. The molecule has 9 heteroatoms. The van der Waals surface area contributed by atoms with Crippen LogP contribution in [0.15, 0.2) is 49.3 Å². The highest BCUT2D eigenvalue weighted by molar-refractivity contribution is 5.83. The summed E-state index contributed by atoms with van der Waals surface area (Å²) in [7, 11) is 0. The van der Waals surface area contributed by atoms with E-state index < -0.39 is 0 Å². The van der Waals surface area contributed by atoms with Crippen LogP contribution in [0.25, 0.3) is 22.6 Å². The molecule has 0 spiro atoms. The molecule has 146 valence electrons. The lowest BCUT2D eigenvalue weighted by Crippen LogP contribution is -2.35. The van der Waals surface area contributed by atoms with Crippen LogP contribution in [-0.2, 0) is 0 Å². The van der Waals surface area contributed by atoms with Crippen molar-refractivity contribution < 1.29 is 9.13 Å². The summed E-state index contributed by atoms with van der Waals surface area (Å²) in [4.78, 5) is 26.9. The maximum atomic E-state index is 13.1. The zero-order valence-electron chi connectivity index (χ0n) is 15.5. The van der Waals surface area contributed by atoms with Crippen LogP contribution in [-0.4, -0.2) is 49.1 Å². The van der Waals surface area contributed by atoms with E-state index in [-0.39, 0.29) is 11.9 Å². The van der Waals surface area contributed by atoms with E-state index >= 15 is 0 Å². The fraction of sp³-hybridized carbons (Fsp3) is 0.250. The molecule has 1 unspecified atom stereocenters. The molecule has 0 bridgehead atoms. The Bertz CT molecular complexity index is 1110. The summed E-state index contributed by atoms with van der Waals surface area (Å²) in [6, 6.07) is 6.27. The van der Waals surface area contributed by atoms with Gasteiger partial charge in [0.2, 0.25) is 0 Å². The molecule has 4 aromatic rings. The van der Waals surface area contributed by atoms with Gasteiger partial charge in [-0.15, -0.1) is 0 Å². The average Bonchev–Trinajstić information content (AvgIpc) is 3.42. The zero-order chi connectivity index (χ0) is 19.6. The van der Waals surface area contributed by atoms with Crippen molar-refractivity contribution in [3.8, 4) is 17.1 Å². The SMILES string of the molecule is Fc1ccc(-c2ncc(OCC3CCCN3c3ncnc4[nH]cnc34)cn2)cc1. The maximum Gasteiger partial charge on any atom is 0.162 e. The number of imidazole rings is 1. The maximum absolute atomic E-state index is 13.1. The molecule has 1 saturated heterocycles. The summed E-state index contributed by atoms with van der Waals surface area (Å²) in [5.74, 6) is 1.66. The Morgan fingerprint density at radius 2 is 1.90 bits per heavy atom. The topological polar surface area (TPSA) is 92.7 Å². The minimum atomic E-state index is -0.286. The fourth-order valence-electron chi connectivity index (χ4n) is 3.58. The predicted octanol–water partition coefficient (Wildman–Crippen LogP) is 3.00. The van der Waals surface area contributed by atoms with E-state index in [0.717, 1.165) is 41.9 Å². The minimum Gasteiger partial charge on any atom is -0.488 e. The van der Waals surface area contributed by atoms with E-state index in [4.69, 9.17) is 4.74 Å². The number of aromatic nitrogens is 6. The summed E-state index contributed by atoms with van der Waals surface area (Å²) in [6.07, 6.45) is 8.52. The zero-order valence-corrected chi connectivity index (χ0v) is 15.5. The van der Waals surface area contributed by atoms with Crippen molar-refractivity contribution in [1.29, 1.82) is 0 Å². The van der Waals surface area contributed by atoms with Crippen LogP contribution < -0.4 is 9.64 Å². The van der Waals surface area contributed by atoms with E-state index in [1.54, 1.807) is 37.2 Å². The molecule has 0 amide bonds. The van der Waals surface area contributed by atoms with Gasteiger partial charge in [0.25, 0.3) is 0 Å². The van der Waals surface area contributed by atoms with Crippen molar-refractivity contribution >= 4 is 17.0 Å². The number of ether oxygens (including phenoxy) is 1. The molecule has 3 aromatic heterocycles. The Labute approximate surface area is 165 Å². The van der Waals surface area contributed by atoms with Crippen molar-refractivity contribution in [1.82, 2.24) is 29.9 Å². The van der Waals surface area contributed by atoms with Crippen LogP contribution in [0, 0.1) is 5.82 Å². The molecule has 0 aliphatic carbocycles. The second-order valence-corrected chi connectivity index (χ2v) is 6.85. The van der Waals surface area contributed by atoms with Crippen LogP contribution in [0.2, 0.25) is 0 Å². The van der Waals surface area contributed by atoms with Gasteiger partial charge in [-0.1, -0.05) is 0 Å². The van der Waals surface area contributed by atoms with Crippen LogP contribution >= 0.6 is 0 Å². The molecule has 0 saturated carbocycles. The number of fused-ring (bicyclic) bond motifs is 1. The van der Waals surface area contributed by atoms with E-state index in [9.17, 15) is 4.39 Å². The molecule has 1 aromatic carbocycles. The Kier molecular flexibility index (Phi) is 4.47. The van der Waals surface area contributed by atoms with Crippen molar-refractivity contribution in [2.75, 3.05) is 18.1 Å². The molecule has 8 nitrogen and oxygen atoms in total. The van der Waals surface area contributed by atoms with Crippen molar-refractivity contribution in [3.63, 3.8) is 0 Å². The Morgan fingerprint density at radius 1 is 1.07 bits per heavy atom. The van der Waals surface area contributed by atoms with Gasteiger partial charge in [0, 0.05) is 12.1 Å². The molecule has 1 aliphatic rings. The highest BCUT2D eigenvalue weighted by atomic mass is 19.1. The number of rotatable bonds is 5. The van der Waals surface area contributed by atoms with Crippen molar-refractivity contribution in [2.45, 2.75) is 18.9 Å². The van der Waals surface area contributed by atoms with E-state index in [1.807, 2.05) is 0 Å². The number of benzene rings is 1. The second kappa shape index (κ2) is 7.42. The summed E-state index contributed by atoms with van der Waals surface area (Å²) in [5, 5.41) is 0. The molecule has 1 aliphatic heterocycles. The van der Waals surface area contributed by atoms with Crippen LogP contribution in [0.4, 0.5) is 10.2 Å². The molecule has 5 rings (SSSR count). The lowest BCUT2D eigenvalue weighted by molar-refractivity contribution is 0.286. The molecule has 1 atom stereocenters. The third kappa shape index (κ3) is 3.46. The van der Waals surface area contributed by atoms with Crippen LogP contribution in [0.3, 0.4) is 0 Å². The number of aromatic amines is 1. The molecular weight excluding hydrogens is 373 g/mol. The first kappa shape index (κ1) is 17.5. The molecule has 29 heavy (non-hydrogen) atoms. The van der Waals surface area contributed by atoms with E-state index in [1.165, 1.54) is 12.1 Å². The number of nitrogens with zero attached hydrogens (tertiary/aromatic N) is 6. The first-order valence-electron chi connectivity index (χ1n) is 9.39. The molecule has 1 fully saturated rings. The number of hydrogen-bond donors (Lipinski definition) is 1. The molecule has 0 radical (unpaired) electrons. The second-order valence-electron chi connectivity index (χ2n) is 6.85. The predicted molar refractivity (Wildman–Crippen MR) is 105 cm³/mol. The highest BCUT2D eigenvalue weighted by Gasteiger charge is 2.28. The smallest absolute Gasteiger partial charge is 0.162 e. The summed E-state index contributed by atoms with van der Waals surface area (Å²) >= 11 is 0. The number of H-pyrrole nitrogens is 1. The van der Waals surface area contributed by atoms with Gasteiger partial charge in [0.15, 0.2) is 23.0 Å². The largest absolute Gasteiger partial charge is 0.488 e. The van der Waals surface area contributed by atoms with Gasteiger partial charge in [-0.05, 0) is 37.1 Å². The van der Waals surface area contributed by atoms with Gasteiger partial charge >= 0.3 is 0 Å². The van der Waals surface area contributed by atoms with Gasteiger partial charge in [0.1, 0.15) is 24.3 Å². The van der Waals surface area contributed by atoms with Crippen molar-refractivity contribution in [2.24, 2.45) is 0 Å². The Hall–Kier alpha value is -3.62. The standard InChI is InChI=1S/C20H18FN7O/c21-14-5-3-13(4-6-14)18-22-8-16(9-23-18)29-10-15-2-1-7-28(15)20-17-19(25-11-24-17)26-12-27-20/h3-6,8-9,11-12,15H,1-2,7,10H2,(H,24,25,26,27). The van der Waals surface area contributed by atoms with Crippen LogP contribution in [0.5, 0.6) is 5.75 Å². The number of anilines is 1. The Morgan fingerprint density at radius 3 is 2.72 bits per heavy atom. The number of halogens is 1. The quantitative estimate of drug-likeness (QED) is 0.559. The minimum absolute atomic E-state index is 0.182. The van der Waals surface area contributed by atoms with E-state index in [0.29, 0.717) is 18.2 Å². The van der Waals surface area contributed by atoms with Crippen LogP contribution in [0.1, 0.15) is 12.8 Å². The first-order chi connectivity index (χ1) is 14.3. The van der Waals surface area contributed by atoms with Gasteiger partial charge in [-0.2, -0.15) is 0 Å². The third-order valence-corrected chi connectivity index (χ3v) is 5.02.